The van der Waals surface area contributed by atoms with Gasteiger partial charge in [-0.3, -0.25) is 0 Å². The second-order valence-electron chi connectivity index (χ2n) is 1.73. The van der Waals surface area contributed by atoms with E-state index in [-0.39, 0.29) is 19.6 Å². The highest BCUT2D eigenvalue weighted by Gasteiger charge is 2.23. The minimum Gasteiger partial charge on any atom is -0.458 e. The van der Waals surface area contributed by atoms with Gasteiger partial charge in [0.2, 0.25) is 0 Å². The molecule has 3 nitrogen and oxygen atoms in total. The van der Waals surface area contributed by atoms with E-state index in [1.165, 1.54) is 22.6 Å². The monoisotopic (exact) mass is 406 g/mol. The molecule has 0 unspecified atom stereocenters. The summed E-state index contributed by atoms with van der Waals surface area (Å²) < 4.78 is 28.9. The number of carbonyl (C=O) groups is 1. The van der Waals surface area contributed by atoms with Crippen molar-refractivity contribution in [2.45, 2.75) is 10.5 Å². The van der Waals surface area contributed by atoms with Crippen molar-refractivity contribution in [2.75, 3.05) is 13.2 Å². The Hall–Kier alpha value is 0.750. The SMILES string of the molecule is O=C(I)OCCCOC(F)(F)I. The largest absolute Gasteiger partial charge is 0.458 e. The molecule has 0 radical (unpaired) electrons. The zero-order valence-corrected chi connectivity index (χ0v) is 10.2. The maximum atomic E-state index is 12.0. The number of ether oxygens (including phenoxy) is 2. The molecule has 0 amide bonds. The van der Waals surface area contributed by atoms with Gasteiger partial charge in [0, 0.05) is 29.0 Å². The number of hydrogen-bond donors (Lipinski definition) is 0. The first-order valence-electron chi connectivity index (χ1n) is 2.95. The van der Waals surface area contributed by atoms with E-state index in [2.05, 4.69) is 9.47 Å². The minimum absolute atomic E-state index is 0.106. The smallest absolute Gasteiger partial charge is 0.407 e. The lowest BCUT2D eigenvalue weighted by molar-refractivity contribution is -0.147. The molecule has 0 heterocycles. The summed E-state index contributed by atoms with van der Waals surface area (Å²) in [6.07, 6.45) is 0.271. The van der Waals surface area contributed by atoms with Gasteiger partial charge < -0.3 is 9.47 Å². The molecule has 0 spiro atoms. The topological polar surface area (TPSA) is 35.5 Å². The van der Waals surface area contributed by atoms with Crippen LogP contribution in [0.15, 0.2) is 0 Å². The predicted molar refractivity (Wildman–Crippen MR) is 54.9 cm³/mol. The average Bonchev–Trinajstić information content (AvgIpc) is 1.83. The van der Waals surface area contributed by atoms with Gasteiger partial charge in [0.15, 0.2) is 0 Å². The number of halogens is 4. The van der Waals surface area contributed by atoms with Crippen LogP contribution in [0.25, 0.3) is 0 Å². The Labute approximate surface area is 95.4 Å². The van der Waals surface area contributed by atoms with Gasteiger partial charge in [0.1, 0.15) is 0 Å². The molecule has 0 aromatic heterocycles. The maximum absolute atomic E-state index is 12.0. The fraction of sp³-hybridized carbons (Fsp3) is 0.800. The van der Waals surface area contributed by atoms with Crippen LogP contribution in [-0.2, 0) is 9.47 Å². The van der Waals surface area contributed by atoms with Crippen molar-refractivity contribution < 1.29 is 23.0 Å². The Morgan fingerprint density at radius 1 is 1.42 bits per heavy atom. The lowest BCUT2D eigenvalue weighted by Crippen LogP contribution is -2.13. The number of alkyl halides is 3. The highest BCUT2D eigenvalue weighted by atomic mass is 127. The van der Waals surface area contributed by atoms with Gasteiger partial charge in [-0.2, -0.15) is 8.78 Å². The van der Waals surface area contributed by atoms with Crippen LogP contribution in [0.5, 0.6) is 0 Å². The third-order valence-corrected chi connectivity index (χ3v) is 1.39. The Kier molecular flexibility index (Phi) is 6.63. The number of hydrogen-bond acceptors (Lipinski definition) is 3. The first-order valence-corrected chi connectivity index (χ1v) is 5.10. The van der Waals surface area contributed by atoms with E-state index in [1.54, 1.807) is 0 Å². The second kappa shape index (κ2) is 6.24. The van der Waals surface area contributed by atoms with Crippen molar-refractivity contribution in [1.29, 1.82) is 0 Å². The van der Waals surface area contributed by atoms with Crippen LogP contribution >= 0.6 is 45.2 Å². The standard InChI is InChI=1S/C5H6F2I2O3/c6-5(7,9)12-3-1-2-11-4(8)10/h1-3H2. The van der Waals surface area contributed by atoms with Crippen LogP contribution in [0.2, 0.25) is 0 Å². The lowest BCUT2D eigenvalue weighted by Gasteiger charge is -2.08. The molecule has 0 aliphatic heterocycles. The quantitative estimate of drug-likeness (QED) is 0.305. The molecule has 0 saturated carbocycles. The molecule has 7 heteroatoms. The molecule has 0 bridgehead atoms. The second-order valence-corrected chi connectivity index (χ2v) is 3.87. The molecule has 72 valence electrons. The van der Waals surface area contributed by atoms with Gasteiger partial charge in [0.25, 0.3) is 0 Å². The molecule has 0 aromatic carbocycles. The molecule has 0 saturated heterocycles. The van der Waals surface area contributed by atoms with E-state index < -0.39 is 8.09 Å². The van der Waals surface area contributed by atoms with Gasteiger partial charge in [-0.15, -0.1) is 0 Å². The van der Waals surface area contributed by atoms with E-state index in [0.717, 1.165) is 22.6 Å². The Morgan fingerprint density at radius 3 is 2.42 bits per heavy atom. The molecular weight excluding hydrogens is 400 g/mol. The molecule has 0 aromatic rings. The third-order valence-electron chi connectivity index (χ3n) is 0.770. The Morgan fingerprint density at radius 2 is 2.00 bits per heavy atom. The van der Waals surface area contributed by atoms with Gasteiger partial charge in [-0.25, -0.2) is 4.79 Å². The Bertz CT molecular complexity index is 148. The molecule has 12 heavy (non-hydrogen) atoms. The van der Waals surface area contributed by atoms with E-state index >= 15 is 0 Å². The van der Waals surface area contributed by atoms with E-state index in [4.69, 9.17) is 0 Å². The summed E-state index contributed by atoms with van der Waals surface area (Å²) in [5, 5.41) is 0. The van der Waals surface area contributed by atoms with Gasteiger partial charge >= 0.3 is 8.09 Å². The number of rotatable bonds is 5. The van der Waals surface area contributed by atoms with E-state index in [1.807, 2.05) is 0 Å². The summed E-state index contributed by atoms with van der Waals surface area (Å²) in [6, 6.07) is 0. The fourth-order valence-corrected chi connectivity index (χ4v) is 0.840. The Balaban J connectivity index is 3.17. The van der Waals surface area contributed by atoms with Crippen molar-refractivity contribution in [3.05, 3.63) is 0 Å². The van der Waals surface area contributed by atoms with E-state index in [0.29, 0.717) is 0 Å². The first-order chi connectivity index (χ1) is 5.42. The molecule has 0 rings (SSSR count). The third kappa shape index (κ3) is 10.8. The fourth-order valence-electron chi connectivity index (χ4n) is 0.399. The summed E-state index contributed by atoms with van der Waals surface area (Å²) in [7, 11) is 0. The molecular formula is C5H6F2I2O3. The summed E-state index contributed by atoms with van der Waals surface area (Å²) in [6.45, 7) is -0.0195. The minimum atomic E-state index is -3.13. The van der Waals surface area contributed by atoms with Crippen LogP contribution in [0.4, 0.5) is 13.6 Å². The predicted octanol–water partition coefficient (Wildman–Crippen LogP) is 2.95. The molecule has 0 atom stereocenters. The van der Waals surface area contributed by atoms with Crippen molar-refractivity contribution in [3.63, 3.8) is 0 Å². The van der Waals surface area contributed by atoms with Gasteiger partial charge in [0.05, 0.1) is 35.8 Å². The van der Waals surface area contributed by atoms with Gasteiger partial charge in [-0.1, -0.05) is 0 Å². The van der Waals surface area contributed by atoms with Crippen LogP contribution < -0.4 is 0 Å². The normalized spacial score (nSPS) is 11.3. The first kappa shape index (κ1) is 12.8. The summed E-state index contributed by atoms with van der Waals surface area (Å²) in [5.41, 5.74) is 0. The average molecular weight is 406 g/mol. The molecule has 0 aliphatic rings. The van der Waals surface area contributed by atoms with Crippen LogP contribution in [0, 0.1) is 0 Å². The summed E-state index contributed by atoms with van der Waals surface area (Å²) in [4.78, 5) is 10.2. The van der Waals surface area contributed by atoms with E-state index in [9.17, 15) is 13.6 Å². The zero-order valence-electron chi connectivity index (χ0n) is 5.86. The lowest BCUT2D eigenvalue weighted by atomic mass is 10.5. The summed E-state index contributed by atoms with van der Waals surface area (Å²) in [5.74, 6) is 0. The van der Waals surface area contributed by atoms with Gasteiger partial charge in [-0.05, 0) is 0 Å². The highest BCUT2D eigenvalue weighted by Crippen LogP contribution is 2.23. The molecule has 0 fully saturated rings. The maximum Gasteiger partial charge on any atom is 0.407 e. The van der Waals surface area contributed by atoms with Crippen LogP contribution in [0.1, 0.15) is 6.42 Å². The van der Waals surface area contributed by atoms with Crippen LogP contribution in [-0.4, -0.2) is 21.3 Å². The highest BCUT2D eigenvalue weighted by molar-refractivity contribution is 14.1. The van der Waals surface area contributed by atoms with Crippen molar-refractivity contribution in [3.8, 4) is 0 Å². The van der Waals surface area contributed by atoms with Crippen molar-refractivity contribution >= 4 is 49.2 Å². The molecule has 0 N–H and O–H groups in total. The van der Waals surface area contributed by atoms with Crippen molar-refractivity contribution in [1.82, 2.24) is 0 Å². The van der Waals surface area contributed by atoms with Crippen molar-refractivity contribution in [2.24, 2.45) is 0 Å². The molecule has 0 aliphatic carbocycles. The number of carbonyl (C=O) groups excluding carboxylic acids is 1. The summed E-state index contributed by atoms with van der Waals surface area (Å²) >= 11 is 2.34. The zero-order chi connectivity index (χ0) is 9.61. The van der Waals surface area contributed by atoms with Crippen LogP contribution in [0.3, 0.4) is 0 Å².